The zero-order chi connectivity index (χ0) is 21.0. The summed E-state index contributed by atoms with van der Waals surface area (Å²) < 4.78 is 6.98. The summed E-state index contributed by atoms with van der Waals surface area (Å²) in [6.45, 7) is 7.93. The van der Waals surface area contributed by atoms with Gasteiger partial charge in [0.2, 0.25) is 5.95 Å². The average molecular weight is 394 g/mol. The van der Waals surface area contributed by atoms with Crippen molar-refractivity contribution in [2.45, 2.75) is 39.8 Å². The first kappa shape index (κ1) is 20.3. The van der Waals surface area contributed by atoms with Gasteiger partial charge in [-0.15, -0.1) is 0 Å². The number of nitrogens with zero attached hydrogens (tertiary/aromatic N) is 4. The first-order chi connectivity index (χ1) is 13.7. The van der Waals surface area contributed by atoms with E-state index in [0.29, 0.717) is 12.5 Å². The monoisotopic (exact) mass is 394 g/mol. The SMILES string of the molecule is Cc1cc(CNC(=O)OC(C)(C)C)ccc1-c1ccnc(Nc2cnn(C)c2)n1. The molecule has 0 saturated heterocycles. The Balaban J connectivity index is 1.70. The number of aromatic nitrogens is 4. The van der Waals surface area contributed by atoms with Crippen molar-refractivity contribution in [3.05, 3.63) is 54.0 Å². The van der Waals surface area contributed by atoms with Crippen LogP contribution in [0.15, 0.2) is 42.9 Å². The van der Waals surface area contributed by atoms with Gasteiger partial charge in [0.15, 0.2) is 0 Å². The lowest BCUT2D eigenvalue weighted by Gasteiger charge is -2.19. The third-order valence-corrected chi connectivity index (χ3v) is 4.02. The second-order valence-corrected chi connectivity index (χ2v) is 7.80. The quantitative estimate of drug-likeness (QED) is 0.680. The van der Waals surface area contributed by atoms with Gasteiger partial charge in [0.25, 0.3) is 0 Å². The van der Waals surface area contributed by atoms with Crippen LogP contribution < -0.4 is 10.6 Å². The molecule has 0 aliphatic heterocycles. The topological polar surface area (TPSA) is 94.0 Å². The number of amides is 1. The number of nitrogens with one attached hydrogen (secondary N) is 2. The van der Waals surface area contributed by atoms with Crippen LogP contribution in [0.3, 0.4) is 0 Å². The fourth-order valence-electron chi connectivity index (χ4n) is 2.80. The maximum Gasteiger partial charge on any atom is 0.407 e. The van der Waals surface area contributed by atoms with E-state index in [4.69, 9.17) is 4.74 Å². The summed E-state index contributed by atoms with van der Waals surface area (Å²) in [5, 5.41) is 10.1. The fourth-order valence-corrected chi connectivity index (χ4v) is 2.80. The van der Waals surface area contributed by atoms with Crippen LogP contribution in [0.2, 0.25) is 0 Å². The molecular weight excluding hydrogens is 368 g/mol. The molecule has 8 nitrogen and oxygen atoms in total. The van der Waals surface area contributed by atoms with E-state index in [2.05, 4.69) is 25.7 Å². The van der Waals surface area contributed by atoms with Crippen molar-refractivity contribution in [2.24, 2.45) is 7.05 Å². The molecule has 3 aromatic rings. The van der Waals surface area contributed by atoms with E-state index in [1.165, 1.54) is 0 Å². The third kappa shape index (κ3) is 5.78. The number of ether oxygens (including phenoxy) is 1. The maximum atomic E-state index is 11.8. The third-order valence-electron chi connectivity index (χ3n) is 4.02. The maximum absolute atomic E-state index is 11.8. The van der Waals surface area contributed by atoms with Crippen molar-refractivity contribution in [1.29, 1.82) is 0 Å². The fraction of sp³-hybridized carbons (Fsp3) is 0.333. The Bertz CT molecular complexity index is 1010. The van der Waals surface area contributed by atoms with Crippen LogP contribution in [0, 0.1) is 6.92 Å². The van der Waals surface area contributed by atoms with Crippen molar-refractivity contribution in [3.63, 3.8) is 0 Å². The minimum absolute atomic E-state index is 0.396. The summed E-state index contributed by atoms with van der Waals surface area (Å²) in [4.78, 5) is 20.7. The molecule has 0 fully saturated rings. The predicted octanol–water partition coefficient (Wildman–Crippen LogP) is 3.95. The smallest absolute Gasteiger partial charge is 0.407 e. The molecule has 0 aliphatic rings. The molecule has 8 heteroatoms. The van der Waals surface area contributed by atoms with Crippen molar-refractivity contribution >= 4 is 17.7 Å². The lowest BCUT2D eigenvalue weighted by atomic mass is 10.0. The number of rotatable bonds is 5. The number of aryl methyl sites for hydroxylation is 2. The van der Waals surface area contributed by atoms with Gasteiger partial charge in [0.05, 0.1) is 17.6 Å². The number of benzene rings is 1. The normalized spacial score (nSPS) is 11.2. The summed E-state index contributed by atoms with van der Waals surface area (Å²) >= 11 is 0. The summed E-state index contributed by atoms with van der Waals surface area (Å²) in [5.41, 5.74) is 4.17. The highest BCUT2D eigenvalue weighted by Crippen LogP contribution is 2.24. The van der Waals surface area contributed by atoms with Gasteiger partial charge in [-0.1, -0.05) is 18.2 Å². The highest BCUT2D eigenvalue weighted by atomic mass is 16.6. The van der Waals surface area contributed by atoms with Crippen molar-refractivity contribution in [2.75, 3.05) is 5.32 Å². The summed E-state index contributed by atoms with van der Waals surface area (Å²) in [5.74, 6) is 0.505. The zero-order valence-electron chi connectivity index (χ0n) is 17.4. The average Bonchev–Trinajstić information content (AvgIpc) is 3.03. The van der Waals surface area contributed by atoms with Crippen LogP contribution >= 0.6 is 0 Å². The molecule has 29 heavy (non-hydrogen) atoms. The Morgan fingerprint density at radius 1 is 1.24 bits per heavy atom. The molecule has 0 radical (unpaired) electrons. The zero-order valence-corrected chi connectivity index (χ0v) is 17.4. The number of carbonyl (C=O) groups is 1. The number of alkyl carbamates (subject to hydrolysis) is 1. The molecule has 0 atom stereocenters. The number of anilines is 2. The Kier molecular flexibility index (Phi) is 5.81. The predicted molar refractivity (Wildman–Crippen MR) is 112 cm³/mol. The minimum Gasteiger partial charge on any atom is -0.444 e. The molecule has 0 aliphatic carbocycles. The standard InChI is InChI=1S/C21H26N6O2/c1-14-10-15(11-23-20(28)29-21(2,3)4)6-7-17(14)18-8-9-22-19(26-18)25-16-12-24-27(5)13-16/h6-10,12-13H,11H2,1-5H3,(H,23,28)(H,22,25,26). The van der Waals surface area contributed by atoms with Crippen LogP contribution in [0.4, 0.5) is 16.4 Å². The van der Waals surface area contributed by atoms with E-state index in [-0.39, 0.29) is 0 Å². The van der Waals surface area contributed by atoms with Gasteiger partial charge in [-0.2, -0.15) is 5.10 Å². The first-order valence-corrected chi connectivity index (χ1v) is 9.35. The van der Waals surface area contributed by atoms with Gasteiger partial charge in [0.1, 0.15) is 5.60 Å². The van der Waals surface area contributed by atoms with Gasteiger partial charge in [-0.25, -0.2) is 14.8 Å². The largest absolute Gasteiger partial charge is 0.444 e. The summed E-state index contributed by atoms with van der Waals surface area (Å²) in [7, 11) is 1.85. The summed E-state index contributed by atoms with van der Waals surface area (Å²) in [6.07, 6.45) is 4.86. The second-order valence-electron chi connectivity index (χ2n) is 7.80. The van der Waals surface area contributed by atoms with Crippen molar-refractivity contribution < 1.29 is 9.53 Å². The van der Waals surface area contributed by atoms with Crippen molar-refractivity contribution in [3.8, 4) is 11.3 Å². The molecule has 0 saturated carbocycles. The first-order valence-electron chi connectivity index (χ1n) is 9.35. The molecule has 2 aromatic heterocycles. The highest BCUT2D eigenvalue weighted by Gasteiger charge is 2.16. The van der Waals surface area contributed by atoms with Gasteiger partial charge in [-0.3, -0.25) is 4.68 Å². The van der Waals surface area contributed by atoms with E-state index in [9.17, 15) is 4.79 Å². The van der Waals surface area contributed by atoms with Gasteiger partial charge < -0.3 is 15.4 Å². The van der Waals surface area contributed by atoms with Crippen molar-refractivity contribution in [1.82, 2.24) is 25.1 Å². The number of hydrogen-bond acceptors (Lipinski definition) is 6. The molecule has 2 heterocycles. The van der Waals surface area contributed by atoms with E-state index >= 15 is 0 Å². The van der Waals surface area contributed by atoms with Crippen LogP contribution in [-0.4, -0.2) is 31.4 Å². The summed E-state index contributed by atoms with van der Waals surface area (Å²) in [6, 6.07) is 7.87. The molecule has 0 bridgehead atoms. The van der Waals surface area contributed by atoms with E-state index < -0.39 is 11.7 Å². The van der Waals surface area contributed by atoms with Crippen LogP contribution in [0.25, 0.3) is 11.3 Å². The molecule has 1 amide bonds. The van der Waals surface area contributed by atoms with Gasteiger partial charge >= 0.3 is 6.09 Å². The lowest BCUT2D eigenvalue weighted by molar-refractivity contribution is 0.0523. The Morgan fingerprint density at radius 3 is 2.69 bits per heavy atom. The minimum atomic E-state index is -0.515. The number of hydrogen-bond donors (Lipinski definition) is 2. The van der Waals surface area contributed by atoms with Gasteiger partial charge in [-0.05, 0) is 44.9 Å². The van der Waals surface area contributed by atoms with E-state index in [1.807, 2.05) is 65.2 Å². The molecule has 3 rings (SSSR count). The molecule has 1 aromatic carbocycles. The molecule has 2 N–H and O–H groups in total. The van der Waals surface area contributed by atoms with Crippen LogP contribution in [0.1, 0.15) is 31.9 Å². The Labute approximate surface area is 170 Å². The highest BCUT2D eigenvalue weighted by molar-refractivity contribution is 5.68. The van der Waals surface area contributed by atoms with E-state index in [0.717, 1.165) is 28.1 Å². The van der Waals surface area contributed by atoms with Crippen LogP contribution in [0.5, 0.6) is 0 Å². The number of carbonyl (C=O) groups excluding carboxylic acids is 1. The van der Waals surface area contributed by atoms with Crippen LogP contribution in [-0.2, 0) is 18.3 Å². The molecular formula is C21H26N6O2. The Morgan fingerprint density at radius 2 is 2.03 bits per heavy atom. The molecule has 152 valence electrons. The Hall–Kier alpha value is -3.42. The molecule has 0 spiro atoms. The van der Waals surface area contributed by atoms with E-state index in [1.54, 1.807) is 17.1 Å². The molecule has 0 unspecified atom stereocenters. The van der Waals surface area contributed by atoms with Gasteiger partial charge in [0, 0.05) is 31.5 Å². The second kappa shape index (κ2) is 8.30. The lowest BCUT2D eigenvalue weighted by Crippen LogP contribution is -2.32.